The van der Waals surface area contributed by atoms with Crippen LogP contribution in [0.5, 0.6) is 0 Å². The number of rotatable bonds is 7. The minimum atomic E-state index is -0.173. The number of carbonyl (C=O) groups excluding carboxylic acids is 2. The van der Waals surface area contributed by atoms with Crippen molar-refractivity contribution in [2.45, 2.75) is 70.6 Å². The zero-order valence-corrected chi connectivity index (χ0v) is 24.4. The number of nitrogens with zero attached hydrogens (tertiary/aromatic N) is 2. The van der Waals surface area contributed by atoms with Crippen molar-refractivity contribution in [3.05, 3.63) is 93.6 Å². The SMILES string of the molecule is Cc1cc(/C=C2/SC(=O)N(CCCc3ccccc3)C2=O)c(C)n1-c1ccc(C23CC4CC(CC(C4)C2)C3)cc1. The summed E-state index contributed by atoms with van der Waals surface area (Å²) < 4.78 is 2.28. The third-order valence-corrected chi connectivity index (χ3v) is 11.0. The average molecular weight is 551 g/mol. The minimum Gasteiger partial charge on any atom is -0.318 e. The van der Waals surface area contributed by atoms with Crippen molar-refractivity contribution >= 4 is 29.0 Å². The second-order valence-electron chi connectivity index (χ2n) is 12.8. The van der Waals surface area contributed by atoms with Crippen molar-refractivity contribution in [2.24, 2.45) is 17.8 Å². The van der Waals surface area contributed by atoms with E-state index in [1.54, 1.807) is 5.56 Å². The third-order valence-electron chi connectivity index (χ3n) is 10.1. The normalized spacial score (nSPS) is 28.3. The first-order valence-corrected chi connectivity index (χ1v) is 15.8. The molecule has 4 saturated carbocycles. The van der Waals surface area contributed by atoms with Gasteiger partial charge in [-0.25, -0.2) is 0 Å². The smallest absolute Gasteiger partial charge is 0.293 e. The molecular weight excluding hydrogens is 512 g/mol. The van der Waals surface area contributed by atoms with Crippen LogP contribution in [0.15, 0.2) is 65.6 Å². The van der Waals surface area contributed by atoms with Gasteiger partial charge in [-0.1, -0.05) is 42.5 Å². The molecule has 206 valence electrons. The number of carbonyl (C=O) groups is 2. The Morgan fingerprint density at radius 3 is 2.20 bits per heavy atom. The Bertz CT molecular complexity index is 1450. The van der Waals surface area contributed by atoms with Crippen LogP contribution in [0, 0.1) is 31.6 Å². The average Bonchev–Trinajstić information content (AvgIpc) is 3.37. The highest BCUT2D eigenvalue weighted by Crippen LogP contribution is 2.60. The van der Waals surface area contributed by atoms with Gasteiger partial charge in [-0.3, -0.25) is 14.5 Å². The monoisotopic (exact) mass is 550 g/mol. The molecule has 2 aromatic carbocycles. The Morgan fingerprint density at radius 1 is 0.900 bits per heavy atom. The molecule has 1 aromatic heterocycles. The fourth-order valence-corrected chi connectivity index (χ4v) is 9.54. The largest absolute Gasteiger partial charge is 0.318 e. The molecule has 40 heavy (non-hydrogen) atoms. The van der Waals surface area contributed by atoms with E-state index >= 15 is 0 Å². The van der Waals surface area contributed by atoms with Crippen LogP contribution in [0.4, 0.5) is 4.79 Å². The van der Waals surface area contributed by atoms with Crippen LogP contribution in [-0.2, 0) is 16.6 Å². The molecule has 5 fully saturated rings. The fraction of sp³-hybridized carbons (Fsp3) is 0.429. The Hall–Kier alpha value is -3.05. The summed E-state index contributed by atoms with van der Waals surface area (Å²) in [5, 5.41) is -0.168. The van der Waals surface area contributed by atoms with Gasteiger partial charge in [0.1, 0.15) is 0 Å². The summed E-state index contributed by atoms with van der Waals surface area (Å²) in [6.45, 7) is 4.68. The van der Waals surface area contributed by atoms with E-state index in [9.17, 15) is 9.59 Å². The van der Waals surface area contributed by atoms with E-state index in [4.69, 9.17) is 0 Å². The molecule has 0 atom stereocenters. The summed E-state index contributed by atoms with van der Waals surface area (Å²) in [6.07, 6.45) is 12.1. The molecule has 5 aliphatic rings. The lowest BCUT2D eigenvalue weighted by atomic mass is 9.48. The van der Waals surface area contributed by atoms with Gasteiger partial charge in [-0.2, -0.15) is 0 Å². The molecule has 0 spiro atoms. The van der Waals surface area contributed by atoms with Gasteiger partial charge >= 0.3 is 0 Å². The van der Waals surface area contributed by atoms with E-state index in [1.807, 2.05) is 24.3 Å². The molecule has 1 saturated heterocycles. The first kappa shape index (κ1) is 25.9. The molecular formula is C35H38N2O2S. The topological polar surface area (TPSA) is 42.3 Å². The number of aromatic nitrogens is 1. The number of imide groups is 1. The van der Waals surface area contributed by atoms with Gasteiger partial charge in [0.15, 0.2) is 0 Å². The maximum Gasteiger partial charge on any atom is 0.293 e. The number of hydrogen-bond donors (Lipinski definition) is 0. The summed E-state index contributed by atoms with van der Waals surface area (Å²) in [5.41, 5.74) is 7.56. The first-order chi connectivity index (χ1) is 19.4. The molecule has 4 aliphatic carbocycles. The number of amides is 2. The second kappa shape index (κ2) is 10.1. The molecule has 4 bridgehead atoms. The van der Waals surface area contributed by atoms with E-state index in [-0.39, 0.29) is 11.1 Å². The number of hydrogen-bond acceptors (Lipinski definition) is 3. The number of aryl methyl sites for hydroxylation is 2. The highest BCUT2D eigenvalue weighted by Gasteiger charge is 2.51. The number of thioether (sulfide) groups is 1. The molecule has 8 rings (SSSR count). The van der Waals surface area contributed by atoms with Crippen LogP contribution in [0.3, 0.4) is 0 Å². The lowest BCUT2D eigenvalue weighted by Gasteiger charge is -2.57. The fourth-order valence-electron chi connectivity index (χ4n) is 8.68. The van der Waals surface area contributed by atoms with Crippen molar-refractivity contribution in [2.75, 3.05) is 6.54 Å². The van der Waals surface area contributed by atoms with Gasteiger partial charge in [0, 0.05) is 23.6 Å². The lowest BCUT2D eigenvalue weighted by Crippen LogP contribution is -2.48. The van der Waals surface area contributed by atoms with E-state index in [2.05, 4.69) is 60.9 Å². The second-order valence-corrected chi connectivity index (χ2v) is 13.8. The van der Waals surface area contributed by atoms with Crippen LogP contribution < -0.4 is 0 Å². The highest BCUT2D eigenvalue weighted by molar-refractivity contribution is 8.18. The maximum absolute atomic E-state index is 13.1. The molecule has 4 nitrogen and oxygen atoms in total. The Morgan fingerprint density at radius 2 is 1.55 bits per heavy atom. The summed E-state index contributed by atoms with van der Waals surface area (Å²) >= 11 is 1.06. The van der Waals surface area contributed by atoms with Crippen molar-refractivity contribution in [3.63, 3.8) is 0 Å². The molecule has 1 aliphatic heterocycles. The van der Waals surface area contributed by atoms with Crippen molar-refractivity contribution < 1.29 is 9.59 Å². The predicted molar refractivity (Wildman–Crippen MR) is 163 cm³/mol. The molecule has 2 heterocycles. The van der Waals surface area contributed by atoms with Gasteiger partial charge in [0.2, 0.25) is 0 Å². The number of benzene rings is 2. The maximum atomic E-state index is 13.1. The van der Waals surface area contributed by atoms with Crippen LogP contribution >= 0.6 is 11.8 Å². The molecule has 3 aromatic rings. The molecule has 5 heteroatoms. The summed E-state index contributed by atoms with van der Waals surface area (Å²) in [7, 11) is 0. The Kier molecular flexibility index (Phi) is 6.53. The molecule has 0 radical (unpaired) electrons. The Labute approximate surface area is 241 Å². The van der Waals surface area contributed by atoms with Gasteiger partial charge in [0.05, 0.1) is 4.91 Å². The van der Waals surface area contributed by atoms with E-state index in [0.717, 1.165) is 65.0 Å². The quantitative estimate of drug-likeness (QED) is 0.278. The summed E-state index contributed by atoms with van der Waals surface area (Å²) in [6, 6.07) is 21.7. The highest BCUT2D eigenvalue weighted by atomic mass is 32.2. The minimum absolute atomic E-state index is 0.168. The lowest BCUT2D eigenvalue weighted by molar-refractivity contribution is -0.122. The first-order valence-electron chi connectivity index (χ1n) is 15.0. The van der Waals surface area contributed by atoms with E-state index in [0.29, 0.717) is 16.9 Å². The van der Waals surface area contributed by atoms with Crippen molar-refractivity contribution in [1.82, 2.24) is 9.47 Å². The van der Waals surface area contributed by atoms with Gasteiger partial charge in [0.25, 0.3) is 11.1 Å². The molecule has 0 unspecified atom stereocenters. The standard InChI is InChI=1S/C35H38N2O2S/c1-23-15-29(19-32-33(38)36(34(39)40-32)14-6-9-25-7-4-3-5-8-25)24(2)37(23)31-12-10-30(11-13-31)35-20-26-16-27(21-35)18-28(17-26)22-35/h3-5,7-8,10-13,15,19,26-28H,6,9,14,16-18,20-22H2,1-2H3/b32-19+. The van der Waals surface area contributed by atoms with Crippen LogP contribution in [0.25, 0.3) is 11.8 Å². The van der Waals surface area contributed by atoms with Crippen LogP contribution in [-0.4, -0.2) is 27.2 Å². The zero-order chi connectivity index (χ0) is 27.4. The van der Waals surface area contributed by atoms with Crippen LogP contribution in [0.2, 0.25) is 0 Å². The van der Waals surface area contributed by atoms with Crippen molar-refractivity contribution in [1.29, 1.82) is 0 Å². The van der Waals surface area contributed by atoms with E-state index in [1.165, 1.54) is 49.0 Å². The summed E-state index contributed by atoms with van der Waals surface area (Å²) in [5.74, 6) is 2.66. The van der Waals surface area contributed by atoms with Crippen molar-refractivity contribution in [3.8, 4) is 5.69 Å². The summed E-state index contributed by atoms with van der Waals surface area (Å²) in [4.78, 5) is 27.8. The molecule has 0 N–H and O–H groups in total. The predicted octanol–water partition coefficient (Wildman–Crippen LogP) is 8.23. The molecule has 2 amide bonds. The van der Waals surface area contributed by atoms with Gasteiger partial charge in [-0.05, 0) is 141 Å². The third kappa shape index (κ3) is 4.56. The zero-order valence-electron chi connectivity index (χ0n) is 23.6. The van der Waals surface area contributed by atoms with Gasteiger partial charge in [-0.15, -0.1) is 0 Å². The van der Waals surface area contributed by atoms with Gasteiger partial charge < -0.3 is 4.57 Å². The Balaban J connectivity index is 1.08. The van der Waals surface area contributed by atoms with E-state index < -0.39 is 0 Å². The van der Waals surface area contributed by atoms with Crippen LogP contribution in [0.1, 0.15) is 73.0 Å².